The Bertz CT molecular complexity index is 1840. The Morgan fingerprint density at radius 2 is 1.71 bits per heavy atom. The summed E-state index contributed by atoms with van der Waals surface area (Å²) in [6.07, 6.45) is 1.43. The molecule has 2 heterocycles. The van der Waals surface area contributed by atoms with Gasteiger partial charge in [-0.25, -0.2) is 0 Å². The number of anilines is 2. The highest BCUT2D eigenvalue weighted by Gasteiger charge is 2.17. The number of hydrogen-bond donors (Lipinski definition) is 2. The van der Waals surface area contributed by atoms with Crippen molar-refractivity contribution in [3.63, 3.8) is 0 Å². The summed E-state index contributed by atoms with van der Waals surface area (Å²) in [7, 11) is 0. The van der Waals surface area contributed by atoms with Crippen molar-refractivity contribution in [2.45, 2.75) is 6.54 Å². The fraction of sp³-hybridized carbons (Fsp3) is 0.0645. The predicted molar refractivity (Wildman–Crippen MR) is 160 cm³/mol. The first kappa shape index (κ1) is 27.2. The van der Waals surface area contributed by atoms with Gasteiger partial charge in [-0.2, -0.15) is 9.78 Å². The molecule has 6 rings (SSSR count). The standard InChI is InChI=1S/C31H22Cl2N4O5/c32-21-8-10-25(11-9-21)42-28-17-35-37(24-6-2-4-22(33)15-24)31(39)29(28)36-23-5-1-3-20(14-23)30(38)34-16-19-7-12-26-27(13-19)41-18-40-26/h1-15,17,36H,16,18H2,(H,34,38). The van der Waals surface area contributed by atoms with Gasteiger partial charge in [-0.05, 0) is 78.4 Å². The fourth-order valence-electron chi connectivity index (χ4n) is 4.27. The van der Waals surface area contributed by atoms with Crippen LogP contribution in [0.25, 0.3) is 5.69 Å². The third-order valence-electron chi connectivity index (χ3n) is 6.32. The van der Waals surface area contributed by atoms with Gasteiger partial charge in [0, 0.05) is 27.8 Å². The maximum atomic E-state index is 13.7. The smallest absolute Gasteiger partial charge is 0.299 e. The van der Waals surface area contributed by atoms with Crippen LogP contribution in [0.2, 0.25) is 10.0 Å². The van der Waals surface area contributed by atoms with Crippen molar-refractivity contribution < 1.29 is 19.0 Å². The number of rotatable bonds is 8. The van der Waals surface area contributed by atoms with Gasteiger partial charge in [-0.3, -0.25) is 9.59 Å². The molecule has 0 spiro atoms. The maximum absolute atomic E-state index is 13.7. The highest BCUT2D eigenvalue weighted by molar-refractivity contribution is 6.31. The van der Waals surface area contributed by atoms with Crippen molar-refractivity contribution in [2.75, 3.05) is 12.1 Å². The zero-order valence-electron chi connectivity index (χ0n) is 21.8. The number of nitrogens with one attached hydrogen (secondary N) is 2. The molecule has 0 aliphatic carbocycles. The van der Waals surface area contributed by atoms with Crippen LogP contribution in [-0.4, -0.2) is 22.5 Å². The average Bonchev–Trinajstić information content (AvgIpc) is 3.47. The van der Waals surface area contributed by atoms with Crippen LogP contribution in [0, 0.1) is 0 Å². The van der Waals surface area contributed by atoms with E-state index in [4.69, 9.17) is 37.4 Å². The van der Waals surface area contributed by atoms with E-state index in [0.29, 0.717) is 50.8 Å². The second kappa shape index (κ2) is 11.9. The van der Waals surface area contributed by atoms with Gasteiger partial charge in [-0.15, -0.1) is 0 Å². The Kier molecular flexibility index (Phi) is 7.68. The second-order valence-electron chi connectivity index (χ2n) is 9.21. The molecule has 2 N–H and O–H groups in total. The maximum Gasteiger partial charge on any atom is 0.299 e. The highest BCUT2D eigenvalue weighted by atomic mass is 35.5. The number of aromatic nitrogens is 2. The molecule has 5 aromatic rings. The highest BCUT2D eigenvalue weighted by Crippen LogP contribution is 2.33. The topological polar surface area (TPSA) is 104 Å². The number of ether oxygens (including phenoxy) is 3. The van der Waals surface area contributed by atoms with Crippen molar-refractivity contribution in [2.24, 2.45) is 0 Å². The number of fused-ring (bicyclic) bond motifs is 1. The Balaban J connectivity index is 1.27. The number of carbonyl (C=O) groups excluding carboxylic acids is 1. The first-order chi connectivity index (χ1) is 20.4. The summed E-state index contributed by atoms with van der Waals surface area (Å²) in [6, 6.07) is 25.8. The molecule has 0 bridgehead atoms. The van der Waals surface area contributed by atoms with E-state index in [0.717, 1.165) is 5.56 Å². The number of benzene rings is 4. The summed E-state index contributed by atoms with van der Waals surface area (Å²) in [6.45, 7) is 0.472. The molecule has 0 atom stereocenters. The molecule has 210 valence electrons. The molecule has 1 aliphatic rings. The Morgan fingerprint density at radius 3 is 2.55 bits per heavy atom. The molecule has 0 unspecified atom stereocenters. The van der Waals surface area contributed by atoms with E-state index in [1.807, 2.05) is 18.2 Å². The quantitative estimate of drug-likeness (QED) is 0.203. The van der Waals surface area contributed by atoms with Crippen LogP contribution >= 0.6 is 23.2 Å². The minimum atomic E-state index is -0.485. The molecular formula is C31H22Cl2N4O5. The van der Waals surface area contributed by atoms with Crippen LogP contribution in [-0.2, 0) is 6.54 Å². The summed E-state index contributed by atoms with van der Waals surface area (Å²) in [5.41, 5.74) is 1.85. The molecule has 42 heavy (non-hydrogen) atoms. The van der Waals surface area contributed by atoms with Gasteiger partial charge in [0.1, 0.15) is 5.75 Å². The molecule has 1 amide bonds. The molecular weight excluding hydrogens is 579 g/mol. The Morgan fingerprint density at radius 1 is 0.905 bits per heavy atom. The summed E-state index contributed by atoms with van der Waals surface area (Å²) < 4.78 is 18.0. The minimum absolute atomic E-state index is 0.109. The van der Waals surface area contributed by atoms with Crippen molar-refractivity contribution in [1.29, 1.82) is 0 Å². The monoisotopic (exact) mass is 600 g/mol. The Labute approximate surface area is 250 Å². The lowest BCUT2D eigenvalue weighted by atomic mass is 10.1. The number of halogens is 2. The lowest BCUT2D eigenvalue weighted by Gasteiger charge is -2.15. The second-order valence-corrected chi connectivity index (χ2v) is 10.1. The lowest BCUT2D eigenvalue weighted by Crippen LogP contribution is -2.24. The summed E-state index contributed by atoms with van der Waals surface area (Å²) >= 11 is 12.2. The molecule has 11 heteroatoms. The van der Waals surface area contributed by atoms with Crippen LogP contribution in [0.4, 0.5) is 11.4 Å². The van der Waals surface area contributed by atoms with Crippen molar-refractivity contribution in [3.8, 4) is 28.7 Å². The van der Waals surface area contributed by atoms with E-state index in [1.54, 1.807) is 72.8 Å². The zero-order valence-corrected chi connectivity index (χ0v) is 23.4. The first-order valence-corrected chi connectivity index (χ1v) is 13.5. The average molecular weight is 601 g/mol. The number of carbonyl (C=O) groups is 1. The molecule has 0 fully saturated rings. The third-order valence-corrected chi connectivity index (χ3v) is 6.81. The van der Waals surface area contributed by atoms with E-state index < -0.39 is 5.56 Å². The molecule has 0 saturated carbocycles. The van der Waals surface area contributed by atoms with Gasteiger partial charge in [0.05, 0.1) is 11.9 Å². The predicted octanol–water partition coefficient (Wildman–Crippen LogP) is 6.73. The van der Waals surface area contributed by atoms with E-state index in [-0.39, 0.29) is 24.1 Å². The minimum Gasteiger partial charge on any atom is -0.454 e. The van der Waals surface area contributed by atoms with Gasteiger partial charge in [-0.1, -0.05) is 41.4 Å². The van der Waals surface area contributed by atoms with Gasteiger partial charge in [0.2, 0.25) is 6.79 Å². The van der Waals surface area contributed by atoms with E-state index >= 15 is 0 Å². The lowest BCUT2D eigenvalue weighted by molar-refractivity contribution is 0.0951. The summed E-state index contributed by atoms with van der Waals surface area (Å²) in [4.78, 5) is 26.7. The zero-order chi connectivity index (χ0) is 29.1. The van der Waals surface area contributed by atoms with E-state index in [2.05, 4.69) is 15.7 Å². The van der Waals surface area contributed by atoms with Crippen LogP contribution in [0.3, 0.4) is 0 Å². The van der Waals surface area contributed by atoms with Crippen molar-refractivity contribution >= 4 is 40.5 Å². The van der Waals surface area contributed by atoms with Gasteiger partial charge in [0.25, 0.3) is 11.5 Å². The largest absolute Gasteiger partial charge is 0.454 e. The van der Waals surface area contributed by atoms with E-state index in [9.17, 15) is 9.59 Å². The van der Waals surface area contributed by atoms with Crippen molar-refractivity contribution in [3.05, 3.63) is 129 Å². The van der Waals surface area contributed by atoms with Gasteiger partial charge >= 0.3 is 0 Å². The molecule has 1 aliphatic heterocycles. The summed E-state index contributed by atoms with van der Waals surface area (Å²) in [5.74, 6) is 1.67. The van der Waals surface area contributed by atoms with Crippen LogP contribution in [0.5, 0.6) is 23.0 Å². The SMILES string of the molecule is O=C(NCc1ccc2c(c1)OCO2)c1cccc(Nc2c(Oc3ccc(Cl)cc3)cnn(-c3cccc(Cl)c3)c2=O)c1. The molecule has 9 nitrogen and oxygen atoms in total. The first-order valence-electron chi connectivity index (χ1n) is 12.8. The molecule has 0 radical (unpaired) electrons. The number of hydrogen-bond acceptors (Lipinski definition) is 7. The normalized spacial score (nSPS) is 11.7. The number of nitrogens with zero attached hydrogens (tertiary/aromatic N) is 2. The van der Waals surface area contributed by atoms with Gasteiger partial charge < -0.3 is 24.8 Å². The number of amides is 1. The molecule has 1 aromatic heterocycles. The van der Waals surface area contributed by atoms with E-state index in [1.165, 1.54) is 10.9 Å². The van der Waals surface area contributed by atoms with Crippen LogP contribution in [0.1, 0.15) is 15.9 Å². The van der Waals surface area contributed by atoms with Crippen molar-refractivity contribution in [1.82, 2.24) is 15.1 Å². The third kappa shape index (κ3) is 6.02. The summed E-state index contributed by atoms with van der Waals surface area (Å²) in [5, 5.41) is 11.3. The van der Waals surface area contributed by atoms with Gasteiger partial charge in [0.15, 0.2) is 22.9 Å². The van der Waals surface area contributed by atoms with Crippen LogP contribution < -0.4 is 30.4 Å². The fourth-order valence-corrected chi connectivity index (χ4v) is 4.58. The molecule has 0 saturated heterocycles. The molecule has 4 aromatic carbocycles. The van der Waals surface area contributed by atoms with Crippen LogP contribution in [0.15, 0.2) is 102 Å². The Hall–Kier alpha value is -4.99.